The maximum absolute atomic E-state index is 11.8. The van der Waals surface area contributed by atoms with Crippen LogP contribution in [0.1, 0.15) is 44.5 Å². The number of rotatable bonds is 4. The van der Waals surface area contributed by atoms with Crippen molar-refractivity contribution in [2.45, 2.75) is 45.8 Å². The van der Waals surface area contributed by atoms with Gasteiger partial charge in [0.05, 0.1) is 18.2 Å². The zero-order valence-electron chi connectivity index (χ0n) is 14.5. The number of ether oxygens (including phenoxy) is 2. The number of alkyl carbamates (subject to hydrolysis) is 1. The highest BCUT2D eigenvalue weighted by Gasteiger charge is 2.27. The van der Waals surface area contributed by atoms with Crippen molar-refractivity contribution in [1.29, 1.82) is 0 Å². The van der Waals surface area contributed by atoms with E-state index in [4.69, 9.17) is 9.47 Å². The normalized spacial score (nSPS) is 17.5. The van der Waals surface area contributed by atoms with Crippen molar-refractivity contribution in [3.8, 4) is 0 Å². The summed E-state index contributed by atoms with van der Waals surface area (Å²) in [6, 6.07) is -0.0202. The molecule has 0 aliphatic carbocycles. The van der Waals surface area contributed by atoms with Crippen LogP contribution in [0.5, 0.6) is 0 Å². The van der Waals surface area contributed by atoms with Crippen LogP contribution in [-0.4, -0.2) is 53.4 Å². The van der Waals surface area contributed by atoms with Crippen molar-refractivity contribution in [3.05, 3.63) is 18.0 Å². The molecule has 1 fully saturated rings. The Hall–Kier alpha value is -2.38. The lowest BCUT2D eigenvalue weighted by molar-refractivity contribution is 0.0503. The van der Waals surface area contributed by atoms with Gasteiger partial charge in [-0.1, -0.05) is 0 Å². The Kier molecular flexibility index (Phi) is 5.58. The predicted molar refractivity (Wildman–Crippen MR) is 88.0 cm³/mol. The lowest BCUT2D eigenvalue weighted by Crippen LogP contribution is -2.40. The van der Waals surface area contributed by atoms with Crippen molar-refractivity contribution in [2.75, 3.05) is 24.6 Å². The van der Waals surface area contributed by atoms with Crippen molar-refractivity contribution in [3.63, 3.8) is 0 Å². The quantitative estimate of drug-likeness (QED) is 0.837. The van der Waals surface area contributed by atoms with E-state index in [9.17, 15) is 9.59 Å². The molecule has 0 spiro atoms. The average molecular weight is 336 g/mol. The molecule has 0 aromatic carbocycles. The summed E-state index contributed by atoms with van der Waals surface area (Å²) in [4.78, 5) is 33.8. The zero-order valence-corrected chi connectivity index (χ0v) is 14.5. The van der Waals surface area contributed by atoms with Gasteiger partial charge >= 0.3 is 12.1 Å². The predicted octanol–water partition coefficient (Wildman–Crippen LogP) is 1.76. The molecule has 1 aliphatic rings. The molecule has 1 aromatic rings. The van der Waals surface area contributed by atoms with Crippen LogP contribution in [0.15, 0.2) is 12.4 Å². The smallest absolute Gasteiger partial charge is 0.407 e. The Labute approximate surface area is 141 Å². The van der Waals surface area contributed by atoms with E-state index in [-0.39, 0.29) is 6.04 Å². The second-order valence-electron chi connectivity index (χ2n) is 6.57. The lowest BCUT2D eigenvalue weighted by atomic mass is 10.2. The molecule has 1 amide bonds. The van der Waals surface area contributed by atoms with E-state index < -0.39 is 17.7 Å². The Morgan fingerprint density at radius 2 is 2.00 bits per heavy atom. The third-order valence-electron chi connectivity index (χ3n) is 3.34. The molecular formula is C16H24N4O4. The molecular weight excluding hydrogens is 312 g/mol. The topological polar surface area (TPSA) is 93.7 Å². The molecule has 0 saturated carbocycles. The molecule has 1 saturated heterocycles. The van der Waals surface area contributed by atoms with Crippen molar-refractivity contribution in [2.24, 2.45) is 0 Å². The van der Waals surface area contributed by atoms with E-state index >= 15 is 0 Å². The summed E-state index contributed by atoms with van der Waals surface area (Å²) >= 11 is 0. The van der Waals surface area contributed by atoms with Crippen molar-refractivity contribution < 1.29 is 19.1 Å². The van der Waals surface area contributed by atoms with E-state index in [0.29, 0.717) is 24.7 Å². The maximum Gasteiger partial charge on any atom is 0.407 e. The van der Waals surface area contributed by atoms with Crippen LogP contribution in [0.25, 0.3) is 0 Å². The molecule has 0 bridgehead atoms. The molecule has 1 unspecified atom stereocenters. The summed E-state index contributed by atoms with van der Waals surface area (Å²) in [5.74, 6) is 0.0893. The monoisotopic (exact) mass is 336 g/mol. The molecule has 0 radical (unpaired) electrons. The largest absolute Gasteiger partial charge is 0.462 e. The molecule has 8 nitrogen and oxygen atoms in total. The number of anilines is 1. The Bertz CT molecular complexity index is 583. The molecule has 1 aliphatic heterocycles. The number of nitrogens with zero attached hydrogens (tertiary/aromatic N) is 3. The highest BCUT2D eigenvalue weighted by molar-refractivity contribution is 5.88. The van der Waals surface area contributed by atoms with Crippen LogP contribution < -0.4 is 10.2 Å². The van der Waals surface area contributed by atoms with Gasteiger partial charge in [-0.05, 0) is 34.1 Å². The fraction of sp³-hybridized carbons (Fsp3) is 0.625. The Morgan fingerprint density at radius 3 is 2.58 bits per heavy atom. The van der Waals surface area contributed by atoms with Gasteiger partial charge in [0.15, 0.2) is 0 Å². The van der Waals surface area contributed by atoms with Crippen LogP contribution in [0, 0.1) is 0 Å². The van der Waals surface area contributed by atoms with Gasteiger partial charge in [0.25, 0.3) is 0 Å². The molecule has 1 atom stereocenters. The standard InChI is InChI=1S/C16H24N4O4/c1-5-23-13(21)11-8-17-14(18-9-11)20-7-6-12(10-20)19-15(22)24-16(2,3)4/h8-9,12H,5-7,10H2,1-4H3,(H,19,22). The van der Waals surface area contributed by atoms with E-state index in [1.54, 1.807) is 6.92 Å². The SMILES string of the molecule is CCOC(=O)c1cnc(N2CCC(NC(=O)OC(C)(C)C)C2)nc1. The summed E-state index contributed by atoms with van der Waals surface area (Å²) in [5, 5.41) is 2.85. The number of aromatic nitrogens is 2. The van der Waals surface area contributed by atoms with Gasteiger partial charge in [-0.2, -0.15) is 0 Å². The summed E-state index contributed by atoms with van der Waals surface area (Å²) in [7, 11) is 0. The average Bonchev–Trinajstić information content (AvgIpc) is 2.94. The number of carbonyl (C=O) groups is 2. The molecule has 2 heterocycles. The number of hydrogen-bond donors (Lipinski definition) is 1. The van der Waals surface area contributed by atoms with Crippen LogP contribution in [0.3, 0.4) is 0 Å². The van der Waals surface area contributed by atoms with Gasteiger partial charge in [-0.25, -0.2) is 19.6 Å². The number of nitrogens with one attached hydrogen (secondary N) is 1. The number of hydrogen-bond acceptors (Lipinski definition) is 7. The number of amides is 1. The third kappa shape index (κ3) is 5.07. The van der Waals surface area contributed by atoms with Gasteiger partial charge < -0.3 is 19.7 Å². The highest BCUT2D eigenvalue weighted by atomic mass is 16.6. The summed E-state index contributed by atoms with van der Waals surface area (Å²) in [6.45, 7) is 8.85. The van der Waals surface area contributed by atoms with Gasteiger partial charge in [0, 0.05) is 25.5 Å². The van der Waals surface area contributed by atoms with E-state index in [0.717, 1.165) is 13.0 Å². The summed E-state index contributed by atoms with van der Waals surface area (Å²) in [6.07, 6.45) is 3.26. The zero-order chi connectivity index (χ0) is 17.7. The Balaban J connectivity index is 1.89. The van der Waals surface area contributed by atoms with Crippen LogP contribution in [-0.2, 0) is 9.47 Å². The fourth-order valence-corrected chi connectivity index (χ4v) is 2.34. The minimum Gasteiger partial charge on any atom is -0.462 e. The van der Waals surface area contributed by atoms with Crippen LogP contribution >= 0.6 is 0 Å². The molecule has 1 N–H and O–H groups in total. The second-order valence-corrected chi connectivity index (χ2v) is 6.57. The molecule has 132 valence electrons. The highest BCUT2D eigenvalue weighted by Crippen LogP contribution is 2.17. The first-order chi connectivity index (χ1) is 11.3. The van der Waals surface area contributed by atoms with E-state index in [1.807, 2.05) is 25.7 Å². The first-order valence-corrected chi connectivity index (χ1v) is 8.02. The minimum atomic E-state index is -0.519. The fourth-order valence-electron chi connectivity index (χ4n) is 2.34. The lowest BCUT2D eigenvalue weighted by Gasteiger charge is -2.22. The van der Waals surface area contributed by atoms with E-state index in [2.05, 4.69) is 15.3 Å². The maximum atomic E-state index is 11.8. The molecule has 24 heavy (non-hydrogen) atoms. The molecule has 8 heteroatoms. The number of esters is 1. The number of carbonyl (C=O) groups excluding carboxylic acids is 2. The van der Waals surface area contributed by atoms with Gasteiger partial charge in [-0.3, -0.25) is 0 Å². The Morgan fingerprint density at radius 1 is 1.33 bits per heavy atom. The van der Waals surface area contributed by atoms with Gasteiger partial charge in [0.2, 0.25) is 5.95 Å². The van der Waals surface area contributed by atoms with Crippen molar-refractivity contribution in [1.82, 2.24) is 15.3 Å². The van der Waals surface area contributed by atoms with Crippen LogP contribution in [0.2, 0.25) is 0 Å². The summed E-state index contributed by atoms with van der Waals surface area (Å²) < 4.78 is 10.2. The minimum absolute atomic E-state index is 0.0202. The first-order valence-electron chi connectivity index (χ1n) is 8.02. The van der Waals surface area contributed by atoms with Gasteiger partial charge in [0.1, 0.15) is 5.60 Å². The van der Waals surface area contributed by atoms with Crippen molar-refractivity contribution >= 4 is 18.0 Å². The van der Waals surface area contributed by atoms with Gasteiger partial charge in [-0.15, -0.1) is 0 Å². The first kappa shape index (κ1) is 18.0. The summed E-state index contributed by atoms with van der Waals surface area (Å²) in [5.41, 5.74) is -0.197. The van der Waals surface area contributed by atoms with Crippen LogP contribution in [0.4, 0.5) is 10.7 Å². The second kappa shape index (κ2) is 7.46. The molecule has 2 rings (SSSR count). The molecule has 1 aromatic heterocycles. The third-order valence-corrected chi connectivity index (χ3v) is 3.34. The van der Waals surface area contributed by atoms with E-state index in [1.165, 1.54) is 12.4 Å².